The van der Waals surface area contributed by atoms with Gasteiger partial charge in [-0.05, 0) is 19.2 Å². The number of aromatic nitrogens is 5. The minimum absolute atomic E-state index is 0.263. The number of pyridine rings is 1. The number of hydrogen-bond acceptors (Lipinski definition) is 7. The zero-order valence-corrected chi connectivity index (χ0v) is 15.2. The minimum Gasteiger partial charge on any atom is -0.368 e. The van der Waals surface area contributed by atoms with Crippen LogP contribution in [0.4, 0.5) is 17.3 Å². The van der Waals surface area contributed by atoms with Crippen LogP contribution in [0.15, 0.2) is 41.8 Å². The summed E-state index contributed by atoms with van der Waals surface area (Å²) in [7, 11) is 2.14. The molecular formula is C18H22N8O. The Hall–Kier alpha value is -3.20. The third kappa shape index (κ3) is 3.54. The van der Waals surface area contributed by atoms with Crippen molar-refractivity contribution in [2.45, 2.75) is 6.54 Å². The highest BCUT2D eigenvalue weighted by Gasteiger charge is 2.15. The lowest BCUT2D eigenvalue weighted by atomic mass is 10.3. The van der Waals surface area contributed by atoms with Crippen molar-refractivity contribution in [3.63, 3.8) is 0 Å². The molecular weight excluding hydrogens is 344 g/mol. The molecule has 1 aliphatic heterocycles. The first kappa shape index (κ1) is 17.2. The number of nitrogens with zero attached hydrogens (tertiary/aromatic N) is 6. The molecule has 27 heavy (non-hydrogen) atoms. The molecule has 2 N–H and O–H groups in total. The van der Waals surface area contributed by atoms with Gasteiger partial charge in [0.05, 0.1) is 23.9 Å². The molecule has 3 aromatic rings. The Bertz CT molecular complexity index is 998. The lowest BCUT2D eigenvalue weighted by Crippen LogP contribution is -2.44. The molecule has 4 heterocycles. The lowest BCUT2D eigenvalue weighted by molar-refractivity contribution is 0.313. The van der Waals surface area contributed by atoms with E-state index in [0.29, 0.717) is 29.2 Å². The highest BCUT2D eigenvalue weighted by atomic mass is 16.1. The molecule has 9 nitrogen and oxygen atoms in total. The number of hydrogen-bond donors (Lipinski definition) is 2. The van der Waals surface area contributed by atoms with Crippen LogP contribution in [0, 0.1) is 0 Å². The zero-order valence-electron chi connectivity index (χ0n) is 15.2. The second kappa shape index (κ2) is 7.20. The first-order valence-electron chi connectivity index (χ1n) is 8.88. The summed E-state index contributed by atoms with van der Waals surface area (Å²) in [4.78, 5) is 21.0. The summed E-state index contributed by atoms with van der Waals surface area (Å²) in [6.07, 6.45) is 3.57. The van der Waals surface area contributed by atoms with Crippen LogP contribution in [0.2, 0.25) is 0 Å². The van der Waals surface area contributed by atoms with E-state index in [1.54, 1.807) is 16.8 Å². The third-order valence-corrected chi connectivity index (χ3v) is 4.70. The summed E-state index contributed by atoms with van der Waals surface area (Å²) < 4.78 is 1.69. The predicted molar refractivity (Wildman–Crippen MR) is 106 cm³/mol. The second-order valence-corrected chi connectivity index (χ2v) is 6.62. The maximum absolute atomic E-state index is 11.9. The Labute approximate surface area is 156 Å². The molecule has 0 atom stereocenters. The van der Waals surface area contributed by atoms with E-state index in [0.717, 1.165) is 31.9 Å². The fraction of sp³-hybridized carbons (Fsp3) is 0.333. The van der Waals surface area contributed by atoms with Gasteiger partial charge in [0.25, 0.3) is 5.56 Å². The molecule has 0 aliphatic carbocycles. The van der Waals surface area contributed by atoms with E-state index in [2.05, 4.69) is 55.1 Å². The van der Waals surface area contributed by atoms with Crippen molar-refractivity contribution in [1.82, 2.24) is 29.9 Å². The van der Waals surface area contributed by atoms with Crippen LogP contribution >= 0.6 is 0 Å². The van der Waals surface area contributed by atoms with Gasteiger partial charge < -0.3 is 15.1 Å². The number of likely N-dealkylation sites (N-methyl/N-ethyl adjacent to an activating group) is 1. The average Bonchev–Trinajstić information content (AvgIpc) is 2.99. The van der Waals surface area contributed by atoms with Crippen molar-refractivity contribution in [2.75, 3.05) is 43.4 Å². The normalized spacial score (nSPS) is 15.2. The van der Waals surface area contributed by atoms with Gasteiger partial charge in [0, 0.05) is 32.2 Å². The lowest BCUT2D eigenvalue weighted by Gasteiger charge is -2.33. The largest absolute Gasteiger partial charge is 0.368 e. The fourth-order valence-electron chi connectivity index (χ4n) is 3.16. The number of allylic oxidation sites excluding steroid dienone is 1. The number of H-pyrrole nitrogens is 1. The summed E-state index contributed by atoms with van der Waals surface area (Å²) in [5.41, 5.74) is 1.83. The van der Waals surface area contributed by atoms with E-state index in [4.69, 9.17) is 0 Å². The van der Waals surface area contributed by atoms with Gasteiger partial charge in [-0.2, -0.15) is 0 Å². The zero-order chi connectivity index (χ0) is 18.8. The maximum Gasteiger partial charge on any atom is 0.292 e. The molecule has 0 radical (unpaired) electrons. The molecule has 0 aromatic carbocycles. The van der Waals surface area contributed by atoms with E-state index in [-0.39, 0.29) is 5.56 Å². The molecule has 0 spiro atoms. The standard InChI is InChI=1S/C18H22N8O/c1-3-6-26-14-11-16(21-22-17(14)18(27)23-26)20-15-5-4-13(12-19-15)25-9-7-24(2)8-10-25/h3-5,11-12H,1,6-10H2,2H3,(H,23,27)(H,19,20,21). The highest BCUT2D eigenvalue weighted by Crippen LogP contribution is 2.19. The second-order valence-electron chi connectivity index (χ2n) is 6.62. The predicted octanol–water partition coefficient (Wildman–Crippen LogP) is 1.20. The SMILES string of the molecule is C=CCn1[nH]c(=O)c2nnc(Nc3ccc(N4CCN(C)CC4)cn3)cc21. The first-order valence-corrected chi connectivity index (χ1v) is 8.88. The number of piperazine rings is 1. The quantitative estimate of drug-likeness (QED) is 0.655. The molecule has 1 aliphatic rings. The fourth-order valence-corrected chi connectivity index (χ4v) is 3.16. The number of nitrogens with one attached hydrogen (secondary N) is 2. The molecule has 1 fully saturated rings. The Morgan fingerprint density at radius 1 is 1.22 bits per heavy atom. The van der Waals surface area contributed by atoms with E-state index < -0.39 is 0 Å². The maximum atomic E-state index is 11.9. The summed E-state index contributed by atoms with van der Waals surface area (Å²) in [6, 6.07) is 5.75. The van der Waals surface area contributed by atoms with Gasteiger partial charge >= 0.3 is 0 Å². The number of aromatic amines is 1. The van der Waals surface area contributed by atoms with Gasteiger partial charge in [-0.15, -0.1) is 16.8 Å². The van der Waals surface area contributed by atoms with Crippen molar-refractivity contribution < 1.29 is 0 Å². The summed E-state index contributed by atoms with van der Waals surface area (Å²) >= 11 is 0. The van der Waals surface area contributed by atoms with Crippen LogP contribution in [0.25, 0.3) is 11.0 Å². The molecule has 1 saturated heterocycles. The number of fused-ring (bicyclic) bond motifs is 1. The van der Waals surface area contributed by atoms with E-state index in [9.17, 15) is 4.79 Å². The smallest absolute Gasteiger partial charge is 0.292 e. The Morgan fingerprint density at radius 2 is 2.04 bits per heavy atom. The van der Waals surface area contributed by atoms with Gasteiger partial charge in [0.2, 0.25) is 0 Å². The molecule has 4 rings (SSSR count). The van der Waals surface area contributed by atoms with E-state index >= 15 is 0 Å². The molecule has 9 heteroatoms. The number of anilines is 3. The van der Waals surface area contributed by atoms with Crippen LogP contribution in [-0.4, -0.2) is 63.1 Å². The van der Waals surface area contributed by atoms with Gasteiger partial charge in [0.1, 0.15) is 5.82 Å². The van der Waals surface area contributed by atoms with Gasteiger partial charge in [-0.1, -0.05) is 6.08 Å². The topological polar surface area (TPSA) is 95.0 Å². The molecule has 140 valence electrons. The highest BCUT2D eigenvalue weighted by molar-refractivity contribution is 5.76. The van der Waals surface area contributed by atoms with Crippen LogP contribution in [0.5, 0.6) is 0 Å². The molecule has 0 amide bonds. The van der Waals surface area contributed by atoms with Crippen molar-refractivity contribution in [2.24, 2.45) is 0 Å². The molecule has 0 bridgehead atoms. The average molecular weight is 366 g/mol. The van der Waals surface area contributed by atoms with Crippen molar-refractivity contribution in [1.29, 1.82) is 0 Å². The van der Waals surface area contributed by atoms with Crippen LogP contribution < -0.4 is 15.8 Å². The Balaban J connectivity index is 1.52. The van der Waals surface area contributed by atoms with E-state index in [1.807, 2.05) is 12.3 Å². The van der Waals surface area contributed by atoms with Crippen molar-refractivity contribution >= 4 is 28.4 Å². The van der Waals surface area contributed by atoms with Crippen molar-refractivity contribution in [3.8, 4) is 0 Å². The summed E-state index contributed by atoms with van der Waals surface area (Å²) in [6.45, 7) is 8.30. The Kier molecular flexibility index (Phi) is 4.59. The van der Waals surface area contributed by atoms with Gasteiger partial charge in [0.15, 0.2) is 11.3 Å². The number of rotatable bonds is 5. The van der Waals surface area contributed by atoms with Crippen LogP contribution in [-0.2, 0) is 6.54 Å². The molecule has 0 saturated carbocycles. The minimum atomic E-state index is -0.263. The van der Waals surface area contributed by atoms with Gasteiger partial charge in [-0.25, -0.2) is 4.98 Å². The molecule has 0 unspecified atom stereocenters. The summed E-state index contributed by atoms with van der Waals surface area (Å²) in [5, 5.41) is 14.0. The van der Waals surface area contributed by atoms with Gasteiger partial charge in [-0.3, -0.25) is 14.6 Å². The Morgan fingerprint density at radius 3 is 2.74 bits per heavy atom. The third-order valence-electron chi connectivity index (χ3n) is 4.70. The first-order chi connectivity index (χ1) is 13.1. The molecule has 3 aromatic heterocycles. The van der Waals surface area contributed by atoms with E-state index in [1.165, 1.54) is 0 Å². The van der Waals surface area contributed by atoms with Crippen LogP contribution in [0.3, 0.4) is 0 Å². The van der Waals surface area contributed by atoms with Crippen LogP contribution in [0.1, 0.15) is 0 Å². The monoisotopic (exact) mass is 366 g/mol. The van der Waals surface area contributed by atoms with Crippen molar-refractivity contribution in [3.05, 3.63) is 47.4 Å². The summed E-state index contributed by atoms with van der Waals surface area (Å²) in [5.74, 6) is 1.20.